The average Bonchev–Trinajstić information content (AvgIpc) is 3.22. The van der Waals surface area contributed by atoms with Gasteiger partial charge < -0.3 is 36.8 Å². The molecular weight excluding hydrogens is 374 g/mol. The summed E-state index contributed by atoms with van der Waals surface area (Å²) in [7, 11) is 0. The molecule has 2 aromatic heterocycles. The third-order valence-electron chi connectivity index (χ3n) is 4.53. The van der Waals surface area contributed by atoms with E-state index in [2.05, 4.69) is 20.3 Å². The average molecular weight is 395 g/mol. The van der Waals surface area contributed by atoms with Gasteiger partial charge in [-0.15, -0.1) is 0 Å². The Balaban J connectivity index is 1.77. The minimum Gasteiger partial charge on any atom is -0.481 e. The second-order valence-electron chi connectivity index (χ2n) is 6.39. The number of hydrogen-bond donors (Lipinski definition) is 6. The van der Waals surface area contributed by atoms with E-state index < -0.39 is 49.0 Å². The summed E-state index contributed by atoms with van der Waals surface area (Å²) in [6, 6.07) is -2.06. The van der Waals surface area contributed by atoms with Crippen LogP contribution in [0.25, 0.3) is 11.2 Å². The third-order valence-corrected chi connectivity index (χ3v) is 4.53. The maximum Gasteiger partial charge on any atom is 0.303 e. The van der Waals surface area contributed by atoms with Crippen molar-refractivity contribution in [2.75, 3.05) is 12.3 Å². The number of carbonyl (C=O) groups excluding carboxylic acids is 1. The van der Waals surface area contributed by atoms with Crippen LogP contribution in [-0.4, -0.2) is 77.6 Å². The monoisotopic (exact) mass is 395 g/mol. The first kappa shape index (κ1) is 19.9. The second-order valence-corrected chi connectivity index (χ2v) is 6.39. The van der Waals surface area contributed by atoms with E-state index in [0.717, 1.165) is 0 Å². The van der Waals surface area contributed by atoms with E-state index >= 15 is 0 Å². The van der Waals surface area contributed by atoms with Crippen LogP contribution in [0.3, 0.4) is 0 Å². The smallest absolute Gasteiger partial charge is 0.303 e. The fraction of sp³-hybridized carbons (Fsp3) is 0.533. The largest absolute Gasteiger partial charge is 0.481 e. The first-order valence-electron chi connectivity index (χ1n) is 8.48. The number of fused-ring (bicyclic) bond motifs is 1. The van der Waals surface area contributed by atoms with Crippen LogP contribution in [0.15, 0.2) is 12.7 Å². The molecule has 0 bridgehead atoms. The summed E-state index contributed by atoms with van der Waals surface area (Å²) < 4.78 is 7.11. The van der Waals surface area contributed by atoms with Crippen LogP contribution in [0.1, 0.15) is 19.1 Å². The molecule has 0 aromatic carbocycles. The standard InChI is InChI=1S/C15H21N7O6/c16-6(1-2-8(24)25)14(27)21-9-7(3-23)28-15(11(9)26)22-5-20-10-12(17)18-4-19-13(10)22/h4-7,9,11,15,23,26H,1-3,16H2,(H,21,27)(H,24,25)(H2,17,18,19)/t6?,7-,9-,11+,15-/m1/s1. The van der Waals surface area contributed by atoms with E-state index in [1.807, 2.05) is 0 Å². The Morgan fingerprint density at radius 1 is 1.36 bits per heavy atom. The van der Waals surface area contributed by atoms with Gasteiger partial charge in [0.25, 0.3) is 0 Å². The molecule has 0 spiro atoms. The van der Waals surface area contributed by atoms with Crippen molar-refractivity contribution in [2.45, 2.75) is 43.4 Å². The molecule has 8 N–H and O–H groups in total. The molecule has 1 fully saturated rings. The molecule has 13 nitrogen and oxygen atoms in total. The number of anilines is 1. The van der Waals surface area contributed by atoms with Crippen LogP contribution >= 0.6 is 0 Å². The molecule has 5 atom stereocenters. The van der Waals surface area contributed by atoms with Crippen molar-refractivity contribution in [1.29, 1.82) is 0 Å². The number of imidazole rings is 1. The number of hydrogen-bond acceptors (Lipinski definition) is 10. The van der Waals surface area contributed by atoms with Gasteiger partial charge in [0.1, 0.15) is 24.1 Å². The fourth-order valence-electron chi connectivity index (χ4n) is 3.04. The molecule has 152 valence electrons. The summed E-state index contributed by atoms with van der Waals surface area (Å²) in [6.45, 7) is -0.480. The molecule has 0 saturated carbocycles. The van der Waals surface area contributed by atoms with Crippen molar-refractivity contribution in [3.63, 3.8) is 0 Å². The first-order chi connectivity index (χ1) is 13.3. The molecule has 1 saturated heterocycles. The fourth-order valence-corrected chi connectivity index (χ4v) is 3.04. The molecule has 13 heteroatoms. The van der Waals surface area contributed by atoms with Crippen LogP contribution in [-0.2, 0) is 14.3 Å². The second kappa shape index (κ2) is 8.02. The van der Waals surface area contributed by atoms with Gasteiger partial charge in [0.05, 0.1) is 25.0 Å². The number of nitrogens with one attached hydrogen (secondary N) is 1. The zero-order chi connectivity index (χ0) is 20.4. The summed E-state index contributed by atoms with van der Waals surface area (Å²) in [5.41, 5.74) is 12.1. The summed E-state index contributed by atoms with van der Waals surface area (Å²) in [6.07, 6.45) is -0.930. The van der Waals surface area contributed by atoms with Crippen LogP contribution in [0.5, 0.6) is 0 Å². The number of nitrogen functional groups attached to an aromatic ring is 1. The van der Waals surface area contributed by atoms with Crippen LogP contribution < -0.4 is 16.8 Å². The van der Waals surface area contributed by atoms with Crippen LogP contribution in [0.2, 0.25) is 0 Å². The number of aliphatic hydroxyl groups excluding tert-OH is 2. The van der Waals surface area contributed by atoms with Crippen molar-refractivity contribution < 1.29 is 29.6 Å². The lowest BCUT2D eigenvalue weighted by molar-refractivity contribution is -0.137. The van der Waals surface area contributed by atoms with Gasteiger partial charge in [-0.05, 0) is 6.42 Å². The Morgan fingerprint density at radius 2 is 2.11 bits per heavy atom. The molecule has 3 heterocycles. The highest BCUT2D eigenvalue weighted by Crippen LogP contribution is 2.31. The topological polar surface area (TPSA) is 212 Å². The number of carboxylic acids is 1. The Labute approximate surface area is 158 Å². The SMILES string of the molecule is Nc1ncnc2c1ncn2[C@@H]1O[C@H](CO)[C@@H](NC(=O)C(N)CCC(=O)O)[C@@H]1O. The number of aliphatic carboxylic acids is 1. The minimum atomic E-state index is -1.26. The highest BCUT2D eigenvalue weighted by atomic mass is 16.5. The highest BCUT2D eigenvalue weighted by molar-refractivity contribution is 5.83. The van der Waals surface area contributed by atoms with Crippen molar-refractivity contribution in [3.05, 3.63) is 12.7 Å². The zero-order valence-corrected chi connectivity index (χ0v) is 14.7. The number of ether oxygens (including phenoxy) is 1. The van der Waals surface area contributed by atoms with Crippen LogP contribution in [0, 0.1) is 0 Å². The Hall–Kier alpha value is -2.87. The van der Waals surface area contributed by atoms with E-state index in [1.165, 1.54) is 17.2 Å². The maximum atomic E-state index is 12.2. The van der Waals surface area contributed by atoms with Gasteiger partial charge in [0.15, 0.2) is 17.7 Å². The Morgan fingerprint density at radius 3 is 2.79 bits per heavy atom. The summed E-state index contributed by atoms with van der Waals surface area (Å²) in [5.74, 6) is -1.58. The van der Waals surface area contributed by atoms with E-state index in [9.17, 15) is 19.8 Å². The zero-order valence-electron chi connectivity index (χ0n) is 14.7. The van der Waals surface area contributed by atoms with Crippen molar-refractivity contribution >= 4 is 28.9 Å². The number of amides is 1. The van der Waals surface area contributed by atoms with Crippen molar-refractivity contribution in [1.82, 2.24) is 24.8 Å². The van der Waals surface area contributed by atoms with E-state index in [4.69, 9.17) is 21.3 Å². The number of carboxylic acid groups (broad SMARTS) is 1. The lowest BCUT2D eigenvalue weighted by Crippen LogP contribution is -2.53. The maximum absolute atomic E-state index is 12.2. The molecule has 2 aromatic rings. The molecular formula is C15H21N7O6. The molecule has 0 radical (unpaired) electrons. The van der Waals surface area contributed by atoms with Gasteiger partial charge in [-0.1, -0.05) is 0 Å². The molecule has 1 aliphatic heterocycles. The summed E-state index contributed by atoms with van der Waals surface area (Å²) >= 11 is 0. The van der Waals surface area contributed by atoms with Crippen molar-refractivity contribution in [3.8, 4) is 0 Å². The molecule has 1 aliphatic rings. The van der Waals surface area contributed by atoms with Gasteiger partial charge in [0, 0.05) is 6.42 Å². The number of aromatic nitrogens is 4. The first-order valence-corrected chi connectivity index (χ1v) is 8.48. The number of aliphatic hydroxyl groups is 2. The van der Waals surface area contributed by atoms with Gasteiger partial charge in [0.2, 0.25) is 5.91 Å². The molecule has 1 unspecified atom stereocenters. The van der Waals surface area contributed by atoms with Gasteiger partial charge in [-0.25, -0.2) is 15.0 Å². The quantitative estimate of drug-likeness (QED) is 0.284. The number of nitrogens with zero attached hydrogens (tertiary/aromatic N) is 4. The predicted octanol–water partition coefficient (Wildman–Crippen LogP) is -2.66. The van der Waals surface area contributed by atoms with Gasteiger partial charge in [-0.2, -0.15) is 0 Å². The number of carbonyl (C=O) groups is 2. The summed E-state index contributed by atoms with van der Waals surface area (Å²) in [5, 5.41) is 31.5. The normalized spacial score (nSPS) is 25.7. The van der Waals surface area contributed by atoms with Crippen molar-refractivity contribution in [2.24, 2.45) is 5.73 Å². The molecule has 3 rings (SSSR count). The lowest BCUT2D eigenvalue weighted by Gasteiger charge is -2.22. The Bertz CT molecular complexity index is 874. The Kier molecular flexibility index (Phi) is 5.69. The molecule has 0 aliphatic carbocycles. The number of nitrogens with two attached hydrogens (primary N) is 2. The molecule has 28 heavy (non-hydrogen) atoms. The lowest BCUT2D eigenvalue weighted by atomic mass is 10.1. The van der Waals surface area contributed by atoms with Gasteiger partial charge >= 0.3 is 5.97 Å². The predicted molar refractivity (Wildman–Crippen MR) is 93.5 cm³/mol. The molecule has 1 amide bonds. The summed E-state index contributed by atoms with van der Waals surface area (Å²) in [4.78, 5) is 34.9. The van der Waals surface area contributed by atoms with E-state index in [-0.39, 0.29) is 18.7 Å². The van der Waals surface area contributed by atoms with E-state index in [1.54, 1.807) is 0 Å². The van der Waals surface area contributed by atoms with Gasteiger partial charge in [-0.3, -0.25) is 14.2 Å². The third kappa shape index (κ3) is 3.73. The minimum absolute atomic E-state index is 0.0690. The highest BCUT2D eigenvalue weighted by Gasteiger charge is 2.46. The number of rotatable bonds is 7. The van der Waals surface area contributed by atoms with E-state index in [0.29, 0.717) is 11.2 Å². The van der Waals surface area contributed by atoms with Crippen LogP contribution in [0.4, 0.5) is 5.82 Å².